The van der Waals surface area contributed by atoms with E-state index < -0.39 is 0 Å². The van der Waals surface area contributed by atoms with Gasteiger partial charge >= 0.3 is 0 Å². The standard InChI is InChI=1S/C13H16N2O2S/c1-3-16-10-6-5-9(7-11(10)17-4-2)13-15-12(14)8-18-13/h5-8H,3-4,14H2,1-2H3. The molecule has 18 heavy (non-hydrogen) atoms. The number of nitrogens with two attached hydrogens (primary N) is 1. The molecular formula is C13H16N2O2S. The second kappa shape index (κ2) is 5.73. The van der Waals surface area contributed by atoms with Crippen molar-refractivity contribution in [2.45, 2.75) is 13.8 Å². The molecule has 0 saturated heterocycles. The molecule has 0 unspecified atom stereocenters. The second-order valence-electron chi connectivity index (χ2n) is 3.61. The van der Waals surface area contributed by atoms with E-state index in [1.54, 1.807) is 0 Å². The minimum atomic E-state index is 0.543. The molecule has 4 nitrogen and oxygen atoms in total. The van der Waals surface area contributed by atoms with Gasteiger partial charge in [-0.3, -0.25) is 0 Å². The molecule has 2 rings (SSSR count). The largest absolute Gasteiger partial charge is 0.490 e. The minimum Gasteiger partial charge on any atom is -0.490 e. The van der Waals surface area contributed by atoms with Crippen molar-refractivity contribution in [1.29, 1.82) is 0 Å². The Kier molecular flexibility index (Phi) is 4.04. The molecule has 0 atom stereocenters. The van der Waals surface area contributed by atoms with Crippen LogP contribution in [-0.4, -0.2) is 18.2 Å². The number of nitrogen functional groups attached to an aromatic ring is 1. The Hall–Kier alpha value is -1.75. The van der Waals surface area contributed by atoms with Crippen LogP contribution < -0.4 is 15.2 Å². The lowest BCUT2D eigenvalue weighted by molar-refractivity contribution is 0.288. The lowest BCUT2D eigenvalue weighted by atomic mass is 10.2. The van der Waals surface area contributed by atoms with E-state index in [1.165, 1.54) is 11.3 Å². The summed E-state index contributed by atoms with van der Waals surface area (Å²) in [5, 5.41) is 2.71. The van der Waals surface area contributed by atoms with Gasteiger partial charge in [-0.05, 0) is 32.0 Å². The predicted octanol–water partition coefficient (Wildman–Crippen LogP) is 3.19. The number of thiazole rings is 1. The molecule has 0 aliphatic rings. The number of anilines is 1. The van der Waals surface area contributed by atoms with Crippen LogP contribution >= 0.6 is 11.3 Å². The van der Waals surface area contributed by atoms with Crippen molar-refractivity contribution in [3.8, 4) is 22.1 Å². The summed E-state index contributed by atoms with van der Waals surface area (Å²) in [6.45, 7) is 5.11. The van der Waals surface area contributed by atoms with Crippen LogP contribution in [0.4, 0.5) is 5.82 Å². The van der Waals surface area contributed by atoms with E-state index in [0.717, 1.165) is 22.1 Å². The molecule has 0 bridgehead atoms. The molecule has 1 aromatic carbocycles. The fourth-order valence-electron chi connectivity index (χ4n) is 1.60. The first-order valence-electron chi connectivity index (χ1n) is 5.85. The number of nitrogens with zero attached hydrogens (tertiary/aromatic N) is 1. The summed E-state index contributed by atoms with van der Waals surface area (Å²) in [5.41, 5.74) is 6.62. The summed E-state index contributed by atoms with van der Waals surface area (Å²) < 4.78 is 11.1. The lowest BCUT2D eigenvalue weighted by Gasteiger charge is -2.11. The van der Waals surface area contributed by atoms with E-state index in [-0.39, 0.29) is 0 Å². The van der Waals surface area contributed by atoms with Crippen LogP contribution in [0, 0.1) is 0 Å². The van der Waals surface area contributed by atoms with Gasteiger partial charge in [-0.1, -0.05) is 0 Å². The molecule has 0 fully saturated rings. The highest BCUT2D eigenvalue weighted by Crippen LogP contribution is 2.34. The molecule has 0 spiro atoms. The highest BCUT2D eigenvalue weighted by molar-refractivity contribution is 7.13. The fourth-order valence-corrected chi connectivity index (χ4v) is 2.31. The van der Waals surface area contributed by atoms with E-state index in [0.29, 0.717) is 19.0 Å². The zero-order valence-corrected chi connectivity index (χ0v) is 11.3. The second-order valence-corrected chi connectivity index (χ2v) is 4.46. The molecule has 1 aromatic heterocycles. The number of ether oxygens (including phenoxy) is 2. The third kappa shape index (κ3) is 2.73. The van der Waals surface area contributed by atoms with Crippen LogP contribution in [0.15, 0.2) is 23.6 Å². The molecule has 2 aromatic rings. The van der Waals surface area contributed by atoms with Gasteiger partial charge in [0, 0.05) is 10.9 Å². The quantitative estimate of drug-likeness (QED) is 0.901. The van der Waals surface area contributed by atoms with Crippen LogP contribution in [0.5, 0.6) is 11.5 Å². The zero-order valence-electron chi connectivity index (χ0n) is 10.5. The Morgan fingerprint density at radius 2 is 1.89 bits per heavy atom. The van der Waals surface area contributed by atoms with E-state index >= 15 is 0 Å². The van der Waals surface area contributed by atoms with Crippen molar-refractivity contribution in [3.05, 3.63) is 23.6 Å². The summed E-state index contributed by atoms with van der Waals surface area (Å²) in [7, 11) is 0. The first-order chi connectivity index (χ1) is 8.74. The molecule has 0 aliphatic heterocycles. The van der Waals surface area contributed by atoms with Crippen LogP contribution in [0.2, 0.25) is 0 Å². The van der Waals surface area contributed by atoms with Crippen molar-refractivity contribution in [1.82, 2.24) is 4.98 Å². The summed E-state index contributed by atoms with van der Waals surface area (Å²) in [5.74, 6) is 2.04. The average molecular weight is 264 g/mol. The molecule has 2 N–H and O–H groups in total. The zero-order chi connectivity index (χ0) is 13.0. The van der Waals surface area contributed by atoms with Crippen molar-refractivity contribution >= 4 is 17.2 Å². The maximum Gasteiger partial charge on any atom is 0.161 e. The number of hydrogen-bond donors (Lipinski definition) is 1. The van der Waals surface area contributed by atoms with Gasteiger partial charge in [0.05, 0.1) is 13.2 Å². The predicted molar refractivity (Wildman–Crippen MR) is 74.3 cm³/mol. The Labute approximate surface area is 110 Å². The maximum absolute atomic E-state index is 5.63. The molecule has 0 aliphatic carbocycles. The molecule has 0 radical (unpaired) electrons. The van der Waals surface area contributed by atoms with E-state index in [1.807, 2.05) is 37.4 Å². The molecule has 1 heterocycles. The summed E-state index contributed by atoms with van der Waals surface area (Å²) in [4.78, 5) is 4.26. The van der Waals surface area contributed by atoms with Crippen molar-refractivity contribution in [2.24, 2.45) is 0 Å². The first-order valence-corrected chi connectivity index (χ1v) is 6.73. The smallest absolute Gasteiger partial charge is 0.161 e. The van der Waals surface area contributed by atoms with Crippen LogP contribution in [0.3, 0.4) is 0 Å². The van der Waals surface area contributed by atoms with Gasteiger partial charge in [0.2, 0.25) is 0 Å². The number of benzene rings is 1. The normalized spacial score (nSPS) is 10.3. The summed E-state index contributed by atoms with van der Waals surface area (Å²) >= 11 is 1.52. The molecule has 5 heteroatoms. The highest BCUT2D eigenvalue weighted by atomic mass is 32.1. The van der Waals surface area contributed by atoms with Crippen LogP contribution in [-0.2, 0) is 0 Å². The topological polar surface area (TPSA) is 57.4 Å². The third-order valence-corrected chi connectivity index (χ3v) is 3.22. The Morgan fingerprint density at radius 3 is 2.50 bits per heavy atom. The van der Waals surface area contributed by atoms with E-state index in [2.05, 4.69) is 4.98 Å². The van der Waals surface area contributed by atoms with Gasteiger partial charge in [-0.25, -0.2) is 4.98 Å². The van der Waals surface area contributed by atoms with Crippen molar-refractivity contribution in [2.75, 3.05) is 18.9 Å². The monoisotopic (exact) mass is 264 g/mol. The number of rotatable bonds is 5. The molecule has 96 valence electrons. The summed E-state index contributed by atoms with van der Waals surface area (Å²) in [6, 6.07) is 5.81. The van der Waals surface area contributed by atoms with Gasteiger partial charge in [-0.15, -0.1) is 11.3 Å². The Morgan fingerprint density at radius 1 is 1.17 bits per heavy atom. The average Bonchev–Trinajstić information content (AvgIpc) is 2.79. The van der Waals surface area contributed by atoms with Gasteiger partial charge < -0.3 is 15.2 Å². The molecule has 0 amide bonds. The van der Waals surface area contributed by atoms with Crippen LogP contribution in [0.1, 0.15) is 13.8 Å². The molecule has 0 saturated carbocycles. The molecular weight excluding hydrogens is 248 g/mol. The van der Waals surface area contributed by atoms with Gasteiger partial charge in [0.1, 0.15) is 10.8 Å². The lowest BCUT2D eigenvalue weighted by Crippen LogP contribution is -1.98. The maximum atomic E-state index is 5.63. The van der Waals surface area contributed by atoms with Gasteiger partial charge in [0.25, 0.3) is 0 Å². The Bertz CT molecular complexity index is 525. The van der Waals surface area contributed by atoms with Crippen LogP contribution in [0.25, 0.3) is 10.6 Å². The summed E-state index contributed by atoms with van der Waals surface area (Å²) in [6.07, 6.45) is 0. The minimum absolute atomic E-state index is 0.543. The third-order valence-electron chi connectivity index (χ3n) is 2.31. The van der Waals surface area contributed by atoms with Gasteiger partial charge in [-0.2, -0.15) is 0 Å². The number of hydrogen-bond acceptors (Lipinski definition) is 5. The van der Waals surface area contributed by atoms with Gasteiger partial charge in [0.15, 0.2) is 11.5 Å². The Balaban J connectivity index is 2.35. The fraction of sp³-hybridized carbons (Fsp3) is 0.308. The van der Waals surface area contributed by atoms with E-state index in [9.17, 15) is 0 Å². The van der Waals surface area contributed by atoms with E-state index in [4.69, 9.17) is 15.2 Å². The van der Waals surface area contributed by atoms with Crippen molar-refractivity contribution in [3.63, 3.8) is 0 Å². The first kappa shape index (κ1) is 12.7. The number of aromatic nitrogens is 1. The SMILES string of the molecule is CCOc1ccc(-c2nc(N)cs2)cc1OCC. The highest BCUT2D eigenvalue weighted by Gasteiger charge is 2.09. The van der Waals surface area contributed by atoms with Crippen molar-refractivity contribution < 1.29 is 9.47 Å².